The number of amides is 4. The third-order valence-electron chi connectivity index (χ3n) is 5.26. The molecule has 1 rings (SSSR count). The molecule has 0 atom stereocenters. The Bertz CT molecular complexity index is 605. The van der Waals surface area contributed by atoms with Gasteiger partial charge >= 0.3 is 0 Å². The van der Waals surface area contributed by atoms with Crippen LogP contribution in [0, 0.1) is 5.41 Å². The Balaban J connectivity index is 1.88. The molecule has 0 saturated heterocycles. The van der Waals surface area contributed by atoms with Gasteiger partial charge < -0.3 is 10.6 Å². The molecule has 1 heterocycles. The van der Waals surface area contributed by atoms with Gasteiger partial charge in [0.15, 0.2) is 0 Å². The molecule has 0 spiro atoms. The average Bonchev–Trinajstić information content (AvgIpc) is 3.01. The number of hydrogen-bond acceptors (Lipinski definition) is 4. The maximum atomic E-state index is 11.8. The first kappa shape index (κ1) is 26.9. The van der Waals surface area contributed by atoms with Crippen LogP contribution >= 0.6 is 0 Å². The zero-order valence-electron chi connectivity index (χ0n) is 19.6. The van der Waals surface area contributed by atoms with Crippen molar-refractivity contribution < 1.29 is 19.2 Å². The van der Waals surface area contributed by atoms with Gasteiger partial charge in [0.2, 0.25) is 11.8 Å². The minimum Gasteiger partial charge on any atom is -0.356 e. The predicted molar refractivity (Wildman–Crippen MR) is 122 cm³/mol. The van der Waals surface area contributed by atoms with E-state index in [1.165, 1.54) is 23.5 Å². The highest BCUT2D eigenvalue weighted by Gasteiger charge is 2.22. The standard InChI is InChI=1S/C24H41N3O4/c1-24(2,3)16-8-10-18-26-20(28)12-6-4-9-17-25-21(29)13-7-5-11-19-27-22(30)14-15-23(27)31/h14-15H,4-13,16-19H2,1-3H3,(H,25,29)(H,26,28). The minimum absolute atomic E-state index is 0.0305. The second kappa shape index (κ2) is 14.8. The number of unbranched alkanes of at least 4 members (excludes halogenated alkanes) is 5. The lowest BCUT2D eigenvalue weighted by molar-refractivity contribution is -0.137. The first-order chi connectivity index (χ1) is 14.7. The van der Waals surface area contributed by atoms with Crippen molar-refractivity contribution in [2.24, 2.45) is 5.41 Å². The zero-order valence-corrected chi connectivity index (χ0v) is 19.6. The Hall–Kier alpha value is -2.18. The van der Waals surface area contributed by atoms with Crippen LogP contribution in [-0.4, -0.2) is 48.2 Å². The summed E-state index contributed by atoms with van der Waals surface area (Å²) in [6.45, 7) is 8.50. The van der Waals surface area contributed by atoms with Gasteiger partial charge in [-0.15, -0.1) is 0 Å². The lowest BCUT2D eigenvalue weighted by atomic mass is 9.90. The van der Waals surface area contributed by atoms with Gasteiger partial charge in [-0.25, -0.2) is 0 Å². The molecule has 0 aromatic rings. The average molecular weight is 436 g/mol. The van der Waals surface area contributed by atoms with Crippen LogP contribution in [-0.2, 0) is 19.2 Å². The highest BCUT2D eigenvalue weighted by molar-refractivity contribution is 6.12. The first-order valence-corrected chi connectivity index (χ1v) is 11.8. The van der Waals surface area contributed by atoms with Crippen LogP contribution in [0.4, 0.5) is 0 Å². The van der Waals surface area contributed by atoms with Gasteiger partial charge in [0.25, 0.3) is 11.8 Å². The van der Waals surface area contributed by atoms with Crippen molar-refractivity contribution in [2.75, 3.05) is 19.6 Å². The quantitative estimate of drug-likeness (QED) is 0.287. The molecular weight excluding hydrogens is 394 g/mol. The van der Waals surface area contributed by atoms with Gasteiger partial charge in [-0.05, 0) is 43.9 Å². The predicted octanol–water partition coefficient (Wildman–Crippen LogP) is 3.48. The van der Waals surface area contributed by atoms with Gasteiger partial charge in [0.05, 0.1) is 0 Å². The number of rotatable bonds is 16. The molecule has 0 aliphatic carbocycles. The van der Waals surface area contributed by atoms with Gasteiger partial charge in [0, 0.05) is 44.6 Å². The number of imide groups is 1. The second-order valence-electron chi connectivity index (χ2n) is 9.50. The molecule has 2 N–H and O–H groups in total. The van der Waals surface area contributed by atoms with Crippen molar-refractivity contribution in [3.8, 4) is 0 Å². The normalized spacial score (nSPS) is 13.7. The van der Waals surface area contributed by atoms with Crippen LogP contribution in [0.3, 0.4) is 0 Å². The molecule has 4 amide bonds. The molecule has 1 aliphatic rings. The van der Waals surface area contributed by atoms with E-state index >= 15 is 0 Å². The fraction of sp³-hybridized carbons (Fsp3) is 0.750. The highest BCUT2D eigenvalue weighted by Crippen LogP contribution is 2.21. The van der Waals surface area contributed by atoms with Crippen molar-refractivity contribution in [3.05, 3.63) is 12.2 Å². The monoisotopic (exact) mass is 435 g/mol. The van der Waals surface area contributed by atoms with E-state index in [1.54, 1.807) is 0 Å². The summed E-state index contributed by atoms with van der Waals surface area (Å²) in [5.74, 6) is -0.358. The molecule has 1 aliphatic heterocycles. The molecule has 0 aromatic heterocycles. The van der Waals surface area contributed by atoms with Gasteiger partial charge in [0.1, 0.15) is 0 Å². The third-order valence-corrected chi connectivity index (χ3v) is 5.26. The summed E-state index contributed by atoms with van der Waals surface area (Å²) in [6, 6.07) is 0. The first-order valence-electron chi connectivity index (χ1n) is 11.8. The summed E-state index contributed by atoms with van der Waals surface area (Å²) < 4.78 is 0. The second-order valence-corrected chi connectivity index (χ2v) is 9.50. The molecule has 0 saturated carbocycles. The summed E-state index contributed by atoms with van der Waals surface area (Å²) in [4.78, 5) is 47.7. The van der Waals surface area contributed by atoms with E-state index < -0.39 is 0 Å². The highest BCUT2D eigenvalue weighted by atomic mass is 16.2. The van der Waals surface area contributed by atoms with E-state index in [1.807, 2.05) is 0 Å². The fourth-order valence-corrected chi connectivity index (χ4v) is 3.38. The molecule has 0 unspecified atom stereocenters. The SMILES string of the molecule is CC(C)(C)CCCCNC(=O)CCCCCNC(=O)CCCCCN1C(=O)C=CC1=O. The van der Waals surface area contributed by atoms with E-state index in [0.717, 1.165) is 51.5 Å². The summed E-state index contributed by atoms with van der Waals surface area (Å²) >= 11 is 0. The fourth-order valence-electron chi connectivity index (χ4n) is 3.38. The molecule has 7 nitrogen and oxygen atoms in total. The van der Waals surface area contributed by atoms with Crippen molar-refractivity contribution in [1.29, 1.82) is 0 Å². The van der Waals surface area contributed by atoms with Gasteiger partial charge in [-0.2, -0.15) is 0 Å². The lowest BCUT2D eigenvalue weighted by Gasteiger charge is -2.17. The number of hydrogen-bond donors (Lipinski definition) is 2. The van der Waals surface area contributed by atoms with E-state index in [2.05, 4.69) is 31.4 Å². The van der Waals surface area contributed by atoms with Crippen LogP contribution in [0.1, 0.15) is 91.4 Å². The molecule has 176 valence electrons. The van der Waals surface area contributed by atoms with Crippen LogP contribution in [0.15, 0.2) is 12.2 Å². The van der Waals surface area contributed by atoms with E-state index in [0.29, 0.717) is 37.8 Å². The van der Waals surface area contributed by atoms with E-state index in [-0.39, 0.29) is 23.6 Å². The topological polar surface area (TPSA) is 95.6 Å². The maximum absolute atomic E-state index is 11.8. The summed E-state index contributed by atoms with van der Waals surface area (Å²) in [5, 5.41) is 5.89. The number of carbonyl (C=O) groups is 4. The van der Waals surface area contributed by atoms with Crippen molar-refractivity contribution in [1.82, 2.24) is 15.5 Å². The van der Waals surface area contributed by atoms with Crippen LogP contribution in [0.5, 0.6) is 0 Å². The summed E-state index contributed by atoms with van der Waals surface area (Å²) in [5.41, 5.74) is 0.355. The number of nitrogens with one attached hydrogen (secondary N) is 2. The summed E-state index contributed by atoms with van der Waals surface area (Å²) in [7, 11) is 0. The molecule has 31 heavy (non-hydrogen) atoms. The van der Waals surface area contributed by atoms with E-state index in [9.17, 15) is 19.2 Å². The van der Waals surface area contributed by atoms with Gasteiger partial charge in [-0.1, -0.05) is 40.0 Å². The molecular formula is C24H41N3O4. The van der Waals surface area contributed by atoms with Crippen LogP contribution in [0.2, 0.25) is 0 Å². The Labute approximate surface area is 187 Å². The lowest BCUT2D eigenvalue weighted by Crippen LogP contribution is -2.30. The third kappa shape index (κ3) is 13.7. The van der Waals surface area contributed by atoms with Crippen LogP contribution in [0.25, 0.3) is 0 Å². The molecule has 7 heteroatoms. The van der Waals surface area contributed by atoms with E-state index in [4.69, 9.17) is 0 Å². The molecule has 0 aromatic carbocycles. The zero-order chi connectivity index (χ0) is 23.1. The Kier molecular flexibility index (Phi) is 12.8. The summed E-state index contributed by atoms with van der Waals surface area (Å²) in [6.07, 6.45) is 11.8. The maximum Gasteiger partial charge on any atom is 0.253 e. The Morgan fingerprint density at radius 1 is 0.742 bits per heavy atom. The van der Waals surface area contributed by atoms with Crippen molar-refractivity contribution in [2.45, 2.75) is 91.4 Å². The largest absolute Gasteiger partial charge is 0.356 e. The molecule has 0 fully saturated rings. The number of carbonyl (C=O) groups excluding carboxylic acids is 4. The smallest absolute Gasteiger partial charge is 0.253 e. The molecule has 0 bridgehead atoms. The van der Waals surface area contributed by atoms with Crippen molar-refractivity contribution >= 4 is 23.6 Å². The Morgan fingerprint density at radius 3 is 1.74 bits per heavy atom. The minimum atomic E-state index is -0.253. The Morgan fingerprint density at radius 2 is 1.23 bits per heavy atom. The van der Waals surface area contributed by atoms with Gasteiger partial charge in [-0.3, -0.25) is 24.1 Å². The van der Waals surface area contributed by atoms with Crippen LogP contribution < -0.4 is 10.6 Å². The van der Waals surface area contributed by atoms with Crippen molar-refractivity contribution in [3.63, 3.8) is 0 Å². The molecule has 0 radical (unpaired) electrons. The number of nitrogens with zero attached hydrogens (tertiary/aromatic N) is 1.